The van der Waals surface area contributed by atoms with E-state index in [0.29, 0.717) is 0 Å². The molecule has 0 aliphatic heterocycles. The molecule has 0 spiro atoms. The molecule has 0 N–H and O–H groups in total. The number of ketones is 1. The first-order chi connectivity index (χ1) is 8.66. The van der Waals surface area contributed by atoms with Gasteiger partial charge in [0, 0.05) is 0 Å². The Labute approximate surface area is 111 Å². The van der Waals surface area contributed by atoms with Crippen molar-refractivity contribution in [2.24, 2.45) is 7.05 Å². The topological polar surface area (TPSA) is 34.9 Å². The Morgan fingerprint density at radius 3 is 2.67 bits per heavy atom. The normalized spacial score (nSPS) is 11.0. The Morgan fingerprint density at radius 1 is 1.22 bits per heavy atom. The molecule has 3 rings (SSSR count). The van der Waals surface area contributed by atoms with Crippen molar-refractivity contribution >= 4 is 31.3 Å². The number of benzene rings is 1. The summed E-state index contributed by atoms with van der Waals surface area (Å²) in [5, 5.41) is 0. The van der Waals surface area contributed by atoms with Crippen LogP contribution in [0.3, 0.4) is 0 Å². The summed E-state index contributed by atoms with van der Waals surface area (Å²) in [5.74, 6) is 1.14. The van der Waals surface area contributed by atoms with E-state index in [0.717, 1.165) is 21.3 Å². The number of imidazole rings is 1. The molecule has 90 valence electrons. The van der Waals surface area contributed by atoms with Gasteiger partial charge in [0.2, 0.25) is 0 Å². The molecule has 4 heteroatoms. The molecule has 0 unspecified atom stereocenters. The van der Waals surface area contributed by atoms with Gasteiger partial charge in [0.15, 0.2) is 0 Å². The van der Waals surface area contributed by atoms with Gasteiger partial charge in [-0.2, -0.15) is 0 Å². The Morgan fingerprint density at radius 2 is 2.00 bits per heavy atom. The summed E-state index contributed by atoms with van der Waals surface area (Å²) >= 11 is 0.0843. The number of rotatable bonds is 2. The molecular weight excluding hydrogens is 291 g/mol. The second kappa shape index (κ2) is 4.23. The summed E-state index contributed by atoms with van der Waals surface area (Å²) in [6.45, 7) is 1.62. The number of carbonyl (C=O) groups excluding carboxylic acids is 1. The van der Waals surface area contributed by atoms with E-state index >= 15 is 0 Å². The predicted octanol–water partition coefficient (Wildman–Crippen LogP) is 2.50. The van der Waals surface area contributed by atoms with E-state index in [9.17, 15) is 4.79 Å². The number of hydrogen-bond acceptors (Lipinski definition) is 2. The summed E-state index contributed by atoms with van der Waals surface area (Å²) < 4.78 is 4.19. The summed E-state index contributed by atoms with van der Waals surface area (Å²) in [5.41, 5.74) is 2.13. The average molecular weight is 303 g/mol. The van der Waals surface area contributed by atoms with E-state index in [2.05, 4.69) is 15.6 Å². The number of nitrogens with zero attached hydrogens (tertiary/aromatic N) is 2. The van der Waals surface area contributed by atoms with Crippen LogP contribution in [0.2, 0.25) is 0 Å². The molecule has 0 aliphatic rings. The zero-order valence-corrected chi connectivity index (χ0v) is 11.9. The van der Waals surface area contributed by atoms with Crippen molar-refractivity contribution in [3.05, 3.63) is 40.8 Å². The molecule has 0 atom stereocenters. The van der Waals surface area contributed by atoms with Crippen LogP contribution in [0.5, 0.6) is 0 Å². The van der Waals surface area contributed by atoms with Crippen molar-refractivity contribution in [3.63, 3.8) is 0 Å². The van der Waals surface area contributed by atoms with Gasteiger partial charge in [0.25, 0.3) is 0 Å². The SMILES string of the molecule is CC(=O)c1ccc(-c2nc3ccccc3n2C)[se]1. The number of aromatic nitrogens is 2. The van der Waals surface area contributed by atoms with Gasteiger partial charge in [0.05, 0.1) is 0 Å². The molecule has 0 fully saturated rings. The third kappa shape index (κ3) is 1.74. The third-order valence-electron chi connectivity index (χ3n) is 2.96. The first-order valence-corrected chi connectivity index (χ1v) is 7.41. The molecule has 1 aromatic carbocycles. The number of para-hydroxylation sites is 2. The van der Waals surface area contributed by atoms with Crippen LogP contribution in [0.15, 0.2) is 36.4 Å². The van der Waals surface area contributed by atoms with Crippen LogP contribution in [0.25, 0.3) is 21.3 Å². The molecular formula is C14H12N2OSe. The minimum absolute atomic E-state index is 0.0843. The van der Waals surface area contributed by atoms with Gasteiger partial charge in [-0.1, -0.05) is 0 Å². The molecule has 0 amide bonds. The average Bonchev–Trinajstić information content (AvgIpc) is 2.95. The van der Waals surface area contributed by atoms with Crippen LogP contribution in [0.1, 0.15) is 16.2 Å². The Balaban J connectivity index is 2.18. The van der Waals surface area contributed by atoms with Crippen LogP contribution < -0.4 is 0 Å². The summed E-state index contributed by atoms with van der Waals surface area (Å²) in [4.78, 5) is 16.0. The Bertz CT molecular complexity index is 739. The van der Waals surface area contributed by atoms with E-state index in [4.69, 9.17) is 0 Å². The minimum atomic E-state index is 0.0843. The van der Waals surface area contributed by atoms with E-state index in [1.807, 2.05) is 37.4 Å². The number of aryl methyl sites for hydroxylation is 1. The molecule has 3 aromatic rings. The first-order valence-electron chi connectivity index (χ1n) is 5.69. The molecule has 3 nitrogen and oxygen atoms in total. The maximum absolute atomic E-state index is 11.4. The second-order valence-corrected chi connectivity index (χ2v) is 6.48. The molecule has 18 heavy (non-hydrogen) atoms. The zero-order valence-electron chi connectivity index (χ0n) is 10.2. The number of Topliss-reactive ketones (excluding diaryl/α,β-unsaturated/α-hetero) is 1. The van der Waals surface area contributed by atoms with E-state index < -0.39 is 0 Å². The molecule has 2 heterocycles. The molecule has 0 saturated heterocycles. The first kappa shape index (κ1) is 11.4. The fourth-order valence-corrected chi connectivity index (χ4v) is 3.96. The Kier molecular flexibility index (Phi) is 2.69. The van der Waals surface area contributed by atoms with Gasteiger partial charge in [0.1, 0.15) is 0 Å². The summed E-state index contributed by atoms with van der Waals surface area (Å²) in [7, 11) is 2.02. The number of fused-ring (bicyclic) bond motifs is 1. The Hall–Kier alpha value is -1.64. The van der Waals surface area contributed by atoms with Gasteiger partial charge >= 0.3 is 111 Å². The quantitative estimate of drug-likeness (QED) is 0.538. The van der Waals surface area contributed by atoms with Crippen LogP contribution in [0, 0.1) is 0 Å². The van der Waals surface area contributed by atoms with Crippen molar-refractivity contribution in [1.82, 2.24) is 9.55 Å². The van der Waals surface area contributed by atoms with E-state index in [1.54, 1.807) is 6.92 Å². The van der Waals surface area contributed by atoms with Gasteiger partial charge in [-0.3, -0.25) is 0 Å². The van der Waals surface area contributed by atoms with Crippen LogP contribution in [-0.2, 0) is 7.05 Å². The molecule has 0 saturated carbocycles. The number of carbonyl (C=O) groups is 1. The van der Waals surface area contributed by atoms with E-state index in [1.165, 1.54) is 4.44 Å². The van der Waals surface area contributed by atoms with Crippen molar-refractivity contribution in [2.75, 3.05) is 0 Å². The molecule has 2 aromatic heterocycles. The summed E-state index contributed by atoms with van der Waals surface area (Å²) in [6, 6.07) is 12.0. The van der Waals surface area contributed by atoms with Crippen LogP contribution >= 0.6 is 0 Å². The number of hydrogen-bond donors (Lipinski definition) is 0. The van der Waals surface area contributed by atoms with Gasteiger partial charge < -0.3 is 0 Å². The molecule has 0 radical (unpaired) electrons. The summed E-state index contributed by atoms with van der Waals surface area (Å²) in [6.07, 6.45) is 0. The zero-order chi connectivity index (χ0) is 12.7. The van der Waals surface area contributed by atoms with Crippen LogP contribution in [-0.4, -0.2) is 29.8 Å². The third-order valence-corrected chi connectivity index (χ3v) is 5.44. The monoisotopic (exact) mass is 304 g/mol. The molecule has 0 aliphatic carbocycles. The van der Waals surface area contributed by atoms with Gasteiger partial charge in [-0.15, -0.1) is 0 Å². The maximum atomic E-state index is 11.4. The van der Waals surface area contributed by atoms with Gasteiger partial charge in [-0.25, -0.2) is 0 Å². The van der Waals surface area contributed by atoms with E-state index in [-0.39, 0.29) is 20.3 Å². The fourth-order valence-electron chi connectivity index (χ4n) is 2.01. The predicted molar refractivity (Wildman–Crippen MR) is 73.1 cm³/mol. The van der Waals surface area contributed by atoms with Crippen LogP contribution in [0.4, 0.5) is 0 Å². The molecule has 0 bridgehead atoms. The van der Waals surface area contributed by atoms with Gasteiger partial charge in [-0.05, 0) is 0 Å². The fraction of sp³-hybridized carbons (Fsp3) is 0.143. The van der Waals surface area contributed by atoms with Crippen molar-refractivity contribution in [3.8, 4) is 10.3 Å². The van der Waals surface area contributed by atoms with Crippen molar-refractivity contribution < 1.29 is 4.79 Å². The standard InChI is InChI=1S/C14H12N2OSe/c1-9(17)12-7-8-13(18-12)14-15-10-5-3-4-6-11(10)16(14)2/h3-8H,1-2H3. The second-order valence-electron chi connectivity index (χ2n) is 4.20. The van der Waals surface area contributed by atoms with Crippen molar-refractivity contribution in [2.45, 2.75) is 6.92 Å². The van der Waals surface area contributed by atoms with Crippen molar-refractivity contribution in [1.29, 1.82) is 0 Å².